The van der Waals surface area contributed by atoms with Gasteiger partial charge in [0.05, 0.1) is 16.7 Å². The fourth-order valence-electron chi connectivity index (χ4n) is 2.15. The first-order valence-corrected chi connectivity index (χ1v) is 8.11. The van der Waals surface area contributed by atoms with Gasteiger partial charge in [0, 0.05) is 28.5 Å². The zero-order valence-corrected chi connectivity index (χ0v) is 14.7. The largest absolute Gasteiger partial charge is 0.455 e. The van der Waals surface area contributed by atoms with Gasteiger partial charge in [-0.2, -0.15) is 5.10 Å². The van der Waals surface area contributed by atoms with Gasteiger partial charge in [-0.25, -0.2) is 5.43 Å². The molecule has 8 nitrogen and oxygen atoms in total. The molecule has 2 heterocycles. The number of benzene rings is 1. The first kappa shape index (κ1) is 17.5. The number of furan rings is 1. The zero-order valence-electron chi connectivity index (χ0n) is 13.1. The Morgan fingerprint density at radius 1 is 1.23 bits per heavy atom. The molecule has 0 bridgehead atoms. The minimum Gasteiger partial charge on any atom is -0.455 e. The Kier molecular flexibility index (Phi) is 5.18. The summed E-state index contributed by atoms with van der Waals surface area (Å²) < 4.78 is 6.15. The maximum Gasteiger partial charge on any atom is 0.281 e. The molecule has 0 radical (unpaired) electrons. The van der Waals surface area contributed by atoms with E-state index >= 15 is 0 Å². The Labute approximate surface area is 155 Å². The number of nitro benzene ring substituents is 1. The van der Waals surface area contributed by atoms with Crippen LogP contribution in [0.1, 0.15) is 16.1 Å². The van der Waals surface area contributed by atoms with Crippen molar-refractivity contribution in [2.24, 2.45) is 5.10 Å². The van der Waals surface area contributed by atoms with Crippen LogP contribution in [0, 0.1) is 10.1 Å². The molecule has 3 rings (SSSR count). The summed E-state index contributed by atoms with van der Waals surface area (Å²) in [5.41, 5.74) is 3.05. The zero-order chi connectivity index (χ0) is 18.5. The quantitative estimate of drug-likeness (QED) is 0.387. The van der Waals surface area contributed by atoms with Crippen molar-refractivity contribution in [3.05, 3.63) is 80.8 Å². The molecule has 1 amide bonds. The number of amides is 1. The van der Waals surface area contributed by atoms with E-state index in [2.05, 4.69) is 31.4 Å². The lowest BCUT2D eigenvalue weighted by Gasteiger charge is -2.00. The third kappa shape index (κ3) is 4.01. The Morgan fingerprint density at radius 3 is 2.73 bits per heavy atom. The molecular weight excluding hydrogens is 404 g/mol. The molecule has 26 heavy (non-hydrogen) atoms. The van der Waals surface area contributed by atoms with Crippen molar-refractivity contribution in [2.45, 2.75) is 0 Å². The van der Waals surface area contributed by atoms with Gasteiger partial charge < -0.3 is 4.42 Å². The molecule has 1 N–H and O–H groups in total. The normalized spacial score (nSPS) is 10.8. The van der Waals surface area contributed by atoms with Gasteiger partial charge in [0.1, 0.15) is 11.5 Å². The fraction of sp³-hybridized carbons (Fsp3) is 0. The van der Waals surface area contributed by atoms with Crippen molar-refractivity contribution < 1.29 is 14.1 Å². The van der Waals surface area contributed by atoms with E-state index in [1.54, 1.807) is 36.4 Å². The summed E-state index contributed by atoms with van der Waals surface area (Å²) in [6.07, 6.45) is 4.32. The number of halogens is 1. The first-order chi connectivity index (χ1) is 12.5. The predicted molar refractivity (Wildman–Crippen MR) is 97.8 cm³/mol. The van der Waals surface area contributed by atoms with E-state index < -0.39 is 4.92 Å². The fourth-order valence-corrected chi connectivity index (χ4v) is 2.50. The number of carbonyl (C=O) groups excluding carboxylic acids is 1. The molecule has 0 atom stereocenters. The van der Waals surface area contributed by atoms with E-state index in [0.717, 1.165) is 0 Å². The molecule has 0 unspecified atom stereocenters. The predicted octanol–water partition coefficient (Wildman–Crippen LogP) is 3.78. The molecule has 0 aliphatic heterocycles. The Hall–Kier alpha value is -3.33. The Morgan fingerprint density at radius 2 is 2.00 bits per heavy atom. The van der Waals surface area contributed by atoms with Crippen molar-refractivity contribution in [2.75, 3.05) is 0 Å². The van der Waals surface area contributed by atoms with Crippen LogP contribution in [-0.4, -0.2) is 22.0 Å². The van der Waals surface area contributed by atoms with Gasteiger partial charge >= 0.3 is 0 Å². The SMILES string of the molecule is O=C(N/N=C/c1ccc(-c2ccc(Br)cc2[N+](=O)[O-])o1)c1ccncc1. The molecule has 3 aromatic rings. The molecule has 0 saturated carbocycles. The van der Waals surface area contributed by atoms with Crippen LogP contribution in [0.4, 0.5) is 5.69 Å². The van der Waals surface area contributed by atoms with Crippen LogP contribution in [0.2, 0.25) is 0 Å². The van der Waals surface area contributed by atoms with E-state index in [1.807, 2.05) is 0 Å². The Bertz CT molecular complexity index is 985. The lowest BCUT2D eigenvalue weighted by atomic mass is 10.1. The highest BCUT2D eigenvalue weighted by Gasteiger charge is 2.18. The average Bonchev–Trinajstić information content (AvgIpc) is 3.11. The molecule has 2 aromatic heterocycles. The highest BCUT2D eigenvalue weighted by atomic mass is 79.9. The molecule has 0 spiro atoms. The van der Waals surface area contributed by atoms with Crippen molar-refractivity contribution in [3.63, 3.8) is 0 Å². The molecule has 0 aliphatic carbocycles. The van der Waals surface area contributed by atoms with Crippen molar-refractivity contribution in [1.29, 1.82) is 0 Å². The molecular formula is C17H11BrN4O4. The number of hydrazone groups is 1. The average molecular weight is 415 g/mol. The monoisotopic (exact) mass is 414 g/mol. The van der Waals surface area contributed by atoms with Crippen LogP contribution < -0.4 is 5.43 Å². The van der Waals surface area contributed by atoms with Crippen molar-refractivity contribution in [3.8, 4) is 11.3 Å². The van der Waals surface area contributed by atoms with Gasteiger partial charge in [-0.3, -0.25) is 19.9 Å². The second-order valence-electron chi connectivity index (χ2n) is 5.06. The smallest absolute Gasteiger partial charge is 0.281 e. The first-order valence-electron chi connectivity index (χ1n) is 7.32. The summed E-state index contributed by atoms with van der Waals surface area (Å²) in [6.45, 7) is 0. The third-order valence-electron chi connectivity index (χ3n) is 3.35. The number of carbonyl (C=O) groups is 1. The van der Waals surface area contributed by atoms with E-state index in [0.29, 0.717) is 27.1 Å². The summed E-state index contributed by atoms with van der Waals surface area (Å²) in [4.78, 5) is 26.4. The minimum atomic E-state index is -0.481. The number of nitro groups is 1. The highest BCUT2D eigenvalue weighted by molar-refractivity contribution is 9.10. The van der Waals surface area contributed by atoms with Crippen LogP contribution in [-0.2, 0) is 0 Å². The van der Waals surface area contributed by atoms with E-state index in [4.69, 9.17) is 4.42 Å². The second kappa shape index (κ2) is 7.70. The molecule has 1 aromatic carbocycles. The standard InChI is InChI=1S/C17H11BrN4O4/c18-12-1-3-14(15(9-12)22(24)25)16-4-2-13(26-16)10-20-21-17(23)11-5-7-19-8-6-11/h1-10H,(H,21,23)/b20-10+. The number of aromatic nitrogens is 1. The van der Waals surface area contributed by atoms with E-state index in [-0.39, 0.29) is 11.6 Å². The molecule has 9 heteroatoms. The topological polar surface area (TPSA) is 111 Å². The summed E-state index contributed by atoms with van der Waals surface area (Å²) in [5.74, 6) is 0.275. The van der Waals surface area contributed by atoms with Gasteiger partial charge in [0.15, 0.2) is 0 Å². The van der Waals surface area contributed by atoms with Crippen molar-refractivity contribution >= 4 is 33.7 Å². The molecule has 0 fully saturated rings. The second-order valence-corrected chi connectivity index (χ2v) is 5.97. The number of pyridine rings is 1. The van der Waals surface area contributed by atoms with Crippen LogP contribution in [0.25, 0.3) is 11.3 Å². The Balaban J connectivity index is 1.75. The van der Waals surface area contributed by atoms with Crippen LogP contribution in [0.3, 0.4) is 0 Å². The number of hydrogen-bond donors (Lipinski definition) is 1. The van der Waals surface area contributed by atoms with Crippen LogP contribution in [0.15, 0.2) is 68.8 Å². The molecule has 130 valence electrons. The van der Waals surface area contributed by atoms with Gasteiger partial charge in [-0.05, 0) is 36.4 Å². The van der Waals surface area contributed by atoms with Crippen molar-refractivity contribution in [1.82, 2.24) is 10.4 Å². The number of nitrogens with one attached hydrogen (secondary N) is 1. The van der Waals surface area contributed by atoms with Gasteiger partial charge in [0.2, 0.25) is 0 Å². The van der Waals surface area contributed by atoms with Crippen LogP contribution >= 0.6 is 15.9 Å². The summed E-state index contributed by atoms with van der Waals surface area (Å²) in [6, 6.07) is 11.0. The minimum absolute atomic E-state index is 0.0804. The summed E-state index contributed by atoms with van der Waals surface area (Å²) in [7, 11) is 0. The molecule has 0 saturated heterocycles. The number of hydrogen-bond acceptors (Lipinski definition) is 6. The van der Waals surface area contributed by atoms with Gasteiger partial charge in [-0.1, -0.05) is 15.9 Å². The summed E-state index contributed by atoms with van der Waals surface area (Å²) in [5, 5.41) is 15.0. The number of nitrogens with zero attached hydrogens (tertiary/aromatic N) is 3. The van der Waals surface area contributed by atoms with Gasteiger partial charge in [0.25, 0.3) is 11.6 Å². The third-order valence-corrected chi connectivity index (χ3v) is 3.84. The van der Waals surface area contributed by atoms with Crippen LogP contribution in [0.5, 0.6) is 0 Å². The lowest BCUT2D eigenvalue weighted by Crippen LogP contribution is -2.17. The highest BCUT2D eigenvalue weighted by Crippen LogP contribution is 2.33. The maximum atomic E-state index is 11.9. The van der Waals surface area contributed by atoms with E-state index in [9.17, 15) is 14.9 Å². The molecule has 0 aliphatic rings. The summed E-state index contributed by atoms with van der Waals surface area (Å²) >= 11 is 3.21. The maximum absolute atomic E-state index is 11.9. The van der Waals surface area contributed by atoms with Gasteiger partial charge in [-0.15, -0.1) is 0 Å². The number of rotatable bonds is 5. The van der Waals surface area contributed by atoms with E-state index in [1.165, 1.54) is 24.7 Å². The lowest BCUT2D eigenvalue weighted by molar-refractivity contribution is -0.384.